The lowest BCUT2D eigenvalue weighted by Crippen LogP contribution is -2.41. The Labute approximate surface area is 92.5 Å². The predicted octanol–water partition coefficient (Wildman–Crippen LogP) is -0.0807. The number of nitrogen functional groups attached to an aromatic ring is 2. The largest absolute Gasteiger partial charge is 0.391 e. The van der Waals surface area contributed by atoms with Crippen molar-refractivity contribution in [1.29, 1.82) is 0 Å². The van der Waals surface area contributed by atoms with Crippen LogP contribution in [-0.4, -0.2) is 9.13 Å². The normalized spacial score (nSPS) is 15.3. The lowest BCUT2D eigenvalue weighted by atomic mass is 10.4. The van der Waals surface area contributed by atoms with Crippen molar-refractivity contribution in [3.8, 4) is 0 Å². The second-order valence-corrected chi connectivity index (χ2v) is 4.14. The SMILES string of the molecule is CCCn1c(N)c(N)c(=O)n(C2CC2)c1=O. The summed E-state index contributed by atoms with van der Waals surface area (Å²) in [6.07, 6.45) is 2.50. The molecule has 6 nitrogen and oxygen atoms in total. The van der Waals surface area contributed by atoms with Crippen LogP contribution in [0.1, 0.15) is 32.2 Å². The van der Waals surface area contributed by atoms with Crippen molar-refractivity contribution in [2.45, 2.75) is 38.8 Å². The van der Waals surface area contributed by atoms with E-state index >= 15 is 0 Å². The van der Waals surface area contributed by atoms with E-state index in [0.717, 1.165) is 19.3 Å². The molecule has 1 fully saturated rings. The molecule has 0 aliphatic heterocycles. The van der Waals surface area contributed by atoms with Gasteiger partial charge in [0.15, 0.2) is 0 Å². The van der Waals surface area contributed by atoms with E-state index in [1.807, 2.05) is 6.92 Å². The third-order valence-electron chi connectivity index (χ3n) is 2.81. The molecule has 16 heavy (non-hydrogen) atoms. The van der Waals surface area contributed by atoms with Gasteiger partial charge in [-0.25, -0.2) is 4.79 Å². The van der Waals surface area contributed by atoms with Crippen molar-refractivity contribution in [3.05, 3.63) is 20.8 Å². The van der Waals surface area contributed by atoms with Crippen molar-refractivity contribution < 1.29 is 0 Å². The summed E-state index contributed by atoms with van der Waals surface area (Å²) in [6.45, 7) is 2.43. The number of nitrogens with two attached hydrogens (primary N) is 2. The highest BCUT2D eigenvalue weighted by Gasteiger charge is 2.29. The molecule has 0 amide bonds. The third-order valence-corrected chi connectivity index (χ3v) is 2.81. The van der Waals surface area contributed by atoms with Crippen LogP contribution in [0.3, 0.4) is 0 Å². The van der Waals surface area contributed by atoms with E-state index < -0.39 is 5.56 Å². The molecule has 1 saturated carbocycles. The molecule has 1 heterocycles. The highest BCUT2D eigenvalue weighted by atomic mass is 16.2. The highest BCUT2D eigenvalue weighted by Crippen LogP contribution is 2.32. The molecule has 0 spiro atoms. The van der Waals surface area contributed by atoms with Gasteiger partial charge in [-0.3, -0.25) is 13.9 Å². The molecule has 4 N–H and O–H groups in total. The standard InChI is InChI=1S/C10H16N4O2/c1-2-5-13-8(12)7(11)9(15)14(10(13)16)6-3-4-6/h6H,2-5,11-12H2,1H3. The maximum absolute atomic E-state index is 12.0. The summed E-state index contributed by atoms with van der Waals surface area (Å²) in [4.78, 5) is 23.8. The number of hydrogen-bond acceptors (Lipinski definition) is 4. The molecule has 1 aliphatic carbocycles. The molecule has 0 radical (unpaired) electrons. The van der Waals surface area contributed by atoms with Gasteiger partial charge < -0.3 is 11.5 Å². The first-order valence-corrected chi connectivity index (χ1v) is 5.48. The van der Waals surface area contributed by atoms with Crippen molar-refractivity contribution in [2.75, 3.05) is 11.5 Å². The molecule has 88 valence electrons. The second-order valence-electron chi connectivity index (χ2n) is 4.14. The van der Waals surface area contributed by atoms with E-state index in [4.69, 9.17) is 11.5 Å². The molecule has 0 atom stereocenters. The average molecular weight is 224 g/mol. The molecule has 0 saturated heterocycles. The number of nitrogens with zero attached hydrogens (tertiary/aromatic N) is 2. The second kappa shape index (κ2) is 3.70. The molecule has 1 aliphatic rings. The van der Waals surface area contributed by atoms with E-state index in [1.165, 1.54) is 9.13 Å². The van der Waals surface area contributed by atoms with Crippen LogP contribution in [0.5, 0.6) is 0 Å². The molecule has 1 aromatic rings. The first-order chi connectivity index (χ1) is 7.57. The zero-order valence-electron chi connectivity index (χ0n) is 9.27. The van der Waals surface area contributed by atoms with Gasteiger partial charge in [0.1, 0.15) is 11.5 Å². The maximum atomic E-state index is 12.0. The molecule has 0 bridgehead atoms. The van der Waals surface area contributed by atoms with Crippen LogP contribution in [-0.2, 0) is 6.54 Å². The number of hydrogen-bond donors (Lipinski definition) is 2. The van der Waals surface area contributed by atoms with Gasteiger partial charge in [0.25, 0.3) is 5.56 Å². The van der Waals surface area contributed by atoms with Gasteiger partial charge in [-0.1, -0.05) is 6.92 Å². The lowest BCUT2D eigenvalue weighted by Gasteiger charge is -2.13. The molecule has 0 aromatic carbocycles. The van der Waals surface area contributed by atoms with E-state index in [1.54, 1.807) is 0 Å². The van der Waals surface area contributed by atoms with Gasteiger partial charge in [-0.15, -0.1) is 0 Å². The van der Waals surface area contributed by atoms with Crippen molar-refractivity contribution in [1.82, 2.24) is 9.13 Å². The Morgan fingerprint density at radius 2 is 1.94 bits per heavy atom. The Hall–Kier alpha value is -1.72. The lowest BCUT2D eigenvalue weighted by molar-refractivity contribution is 0.564. The molecule has 1 aromatic heterocycles. The Kier molecular flexibility index (Phi) is 2.49. The van der Waals surface area contributed by atoms with Crippen LogP contribution in [0.2, 0.25) is 0 Å². The minimum absolute atomic E-state index is 0.0139. The third kappa shape index (κ3) is 1.50. The number of anilines is 2. The van der Waals surface area contributed by atoms with Gasteiger partial charge in [0.05, 0.1) is 0 Å². The Bertz CT molecular complexity index is 525. The highest BCUT2D eigenvalue weighted by molar-refractivity contribution is 5.56. The van der Waals surface area contributed by atoms with Crippen LogP contribution < -0.4 is 22.7 Å². The first-order valence-electron chi connectivity index (χ1n) is 5.48. The maximum Gasteiger partial charge on any atom is 0.332 e. The molecule has 0 unspecified atom stereocenters. The van der Waals surface area contributed by atoms with E-state index in [9.17, 15) is 9.59 Å². The molecular formula is C10H16N4O2. The van der Waals surface area contributed by atoms with Gasteiger partial charge in [-0.2, -0.15) is 0 Å². The Morgan fingerprint density at radius 3 is 2.44 bits per heavy atom. The summed E-state index contributed by atoms with van der Waals surface area (Å²) in [5.74, 6) is 0.0914. The molecular weight excluding hydrogens is 208 g/mol. The summed E-state index contributed by atoms with van der Waals surface area (Å²) >= 11 is 0. The van der Waals surface area contributed by atoms with Crippen molar-refractivity contribution in [3.63, 3.8) is 0 Å². The van der Waals surface area contributed by atoms with Crippen molar-refractivity contribution >= 4 is 11.5 Å². The fourth-order valence-electron chi connectivity index (χ4n) is 1.80. The fraction of sp³-hybridized carbons (Fsp3) is 0.600. The minimum Gasteiger partial charge on any atom is -0.391 e. The zero-order chi connectivity index (χ0) is 11.9. The summed E-state index contributed by atoms with van der Waals surface area (Å²) in [6, 6.07) is 0.0195. The van der Waals surface area contributed by atoms with Gasteiger partial charge in [0.2, 0.25) is 0 Å². The number of rotatable bonds is 3. The summed E-state index contributed by atoms with van der Waals surface area (Å²) in [5.41, 5.74) is 10.5. The van der Waals surface area contributed by atoms with Crippen molar-refractivity contribution in [2.24, 2.45) is 0 Å². The summed E-state index contributed by atoms with van der Waals surface area (Å²) in [7, 11) is 0. The smallest absolute Gasteiger partial charge is 0.332 e. The van der Waals surface area contributed by atoms with Crippen LogP contribution in [0.15, 0.2) is 9.59 Å². The van der Waals surface area contributed by atoms with Gasteiger partial charge in [0, 0.05) is 12.6 Å². The van der Waals surface area contributed by atoms with Crippen LogP contribution >= 0.6 is 0 Å². The van der Waals surface area contributed by atoms with E-state index in [2.05, 4.69) is 0 Å². The van der Waals surface area contributed by atoms with Gasteiger partial charge >= 0.3 is 5.69 Å². The van der Waals surface area contributed by atoms with Crippen LogP contribution in [0.4, 0.5) is 11.5 Å². The quantitative estimate of drug-likeness (QED) is 0.750. The monoisotopic (exact) mass is 224 g/mol. The van der Waals surface area contributed by atoms with E-state index in [-0.39, 0.29) is 23.2 Å². The molecule has 2 rings (SSSR count). The van der Waals surface area contributed by atoms with Gasteiger partial charge in [-0.05, 0) is 19.3 Å². The topological polar surface area (TPSA) is 96.0 Å². The molecule has 6 heteroatoms. The predicted molar refractivity (Wildman–Crippen MR) is 62.3 cm³/mol. The van der Waals surface area contributed by atoms with E-state index in [0.29, 0.717) is 6.54 Å². The Balaban J connectivity index is 2.71. The fourth-order valence-corrected chi connectivity index (χ4v) is 1.80. The Morgan fingerprint density at radius 1 is 1.31 bits per heavy atom. The number of aromatic nitrogens is 2. The summed E-state index contributed by atoms with van der Waals surface area (Å²) < 4.78 is 2.62. The average Bonchev–Trinajstić information content (AvgIpc) is 3.06. The zero-order valence-corrected chi connectivity index (χ0v) is 9.27. The minimum atomic E-state index is -0.447. The first kappa shape index (κ1) is 10.8. The summed E-state index contributed by atoms with van der Waals surface area (Å²) in [5, 5.41) is 0. The van der Waals surface area contributed by atoms with Crippen LogP contribution in [0.25, 0.3) is 0 Å². The van der Waals surface area contributed by atoms with Crippen LogP contribution in [0, 0.1) is 0 Å².